The number of nitrogens with zero attached hydrogens (tertiary/aromatic N) is 6. The lowest BCUT2D eigenvalue weighted by molar-refractivity contribution is -0.143. The molecule has 40 heavy (non-hydrogen) atoms. The molecular formula is C26H31BF4N6O3. The van der Waals surface area contributed by atoms with E-state index in [2.05, 4.69) is 21.1 Å². The number of pyridine rings is 1. The number of aromatic nitrogens is 3. The molecule has 0 atom stereocenters. The fourth-order valence-corrected chi connectivity index (χ4v) is 5.56. The van der Waals surface area contributed by atoms with Crippen molar-refractivity contribution in [3.05, 3.63) is 41.7 Å². The highest BCUT2D eigenvalue weighted by molar-refractivity contribution is 6.62. The Kier molecular flexibility index (Phi) is 7.00. The van der Waals surface area contributed by atoms with Crippen molar-refractivity contribution in [1.29, 1.82) is 5.26 Å². The summed E-state index contributed by atoms with van der Waals surface area (Å²) in [6.45, 7) is 9.63. The van der Waals surface area contributed by atoms with Gasteiger partial charge in [0, 0.05) is 56.3 Å². The molecule has 0 N–H and O–H groups in total. The number of alkyl halides is 3. The van der Waals surface area contributed by atoms with Crippen molar-refractivity contribution in [3.63, 3.8) is 0 Å². The summed E-state index contributed by atoms with van der Waals surface area (Å²) in [5.74, 6) is -2.43. The number of nitriles is 1. The number of carbonyl (C=O) groups excluding carboxylic acids is 1. The lowest BCUT2D eigenvalue weighted by Gasteiger charge is -2.53. The molecule has 9 nitrogen and oxygen atoms in total. The molecule has 3 fully saturated rings. The van der Waals surface area contributed by atoms with E-state index < -0.39 is 53.0 Å². The van der Waals surface area contributed by atoms with Crippen molar-refractivity contribution < 1.29 is 31.7 Å². The van der Waals surface area contributed by atoms with Gasteiger partial charge < -0.3 is 14.2 Å². The Morgan fingerprint density at radius 3 is 2.38 bits per heavy atom. The summed E-state index contributed by atoms with van der Waals surface area (Å²) in [6.07, 6.45) is 0.798. The fraction of sp³-hybridized carbons (Fsp3) is 0.615. The summed E-state index contributed by atoms with van der Waals surface area (Å²) in [5, 5.41) is 14.1. The molecule has 2 aromatic rings. The van der Waals surface area contributed by atoms with Gasteiger partial charge in [0.1, 0.15) is 5.54 Å². The van der Waals surface area contributed by atoms with Crippen molar-refractivity contribution in [1.82, 2.24) is 24.6 Å². The van der Waals surface area contributed by atoms with Crippen LogP contribution in [0.1, 0.15) is 63.0 Å². The van der Waals surface area contributed by atoms with Crippen molar-refractivity contribution in [2.24, 2.45) is 0 Å². The van der Waals surface area contributed by atoms with Gasteiger partial charge in [-0.25, -0.2) is 9.37 Å². The molecule has 14 heteroatoms. The number of likely N-dealkylation sites (tertiary alicyclic amines) is 2. The minimum atomic E-state index is -4.99. The molecule has 0 bridgehead atoms. The molecule has 2 aromatic heterocycles. The second-order valence-electron chi connectivity index (χ2n) is 11.8. The second-order valence-corrected chi connectivity index (χ2v) is 11.8. The lowest BCUT2D eigenvalue weighted by Crippen LogP contribution is -2.66. The Balaban J connectivity index is 1.21. The maximum absolute atomic E-state index is 14.4. The van der Waals surface area contributed by atoms with Gasteiger partial charge in [0.25, 0.3) is 5.91 Å². The number of piperidine rings is 1. The van der Waals surface area contributed by atoms with Crippen LogP contribution in [0, 0.1) is 17.1 Å². The summed E-state index contributed by atoms with van der Waals surface area (Å²) < 4.78 is 67.6. The first-order valence-electron chi connectivity index (χ1n) is 13.2. The zero-order valence-electron chi connectivity index (χ0n) is 22.8. The van der Waals surface area contributed by atoms with E-state index in [1.54, 1.807) is 6.20 Å². The van der Waals surface area contributed by atoms with Gasteiger partial charge in [-0.15, -0.1) is 0 Å². The average Bonchev–Trinajstić information content (AvgIpc) is 3.42. The van der Waals surface area contributed by atoms with Gasteiger partial charge in [-0.3, -0.25) is 14.4 Å². The van der Waals surface area contributed by atoms with E-state index in [4.69, 9.17) is 9.31 Å². The van der Waals surface area contributed by atoms with E-state index in [0.29, 0.717) is 25.9 Å². The third-order valence-corrected chi connectivity index (χ3v) is 8.67. The molecule has 0 radical (unpaired) electrons. The second kappa shape index (κ2) is 9.82. The first-order valence-corrected chi connectivity index (χ1v) is 13.2. The first kappa shape index (κ1) is 28.5. The summed E-state index contributed by atoms with van der Waals surface area (Å²) in [4.78, 5) is 19.5. The molecule has 0 unspecified atom stereocenters. The molecule has 3 saturated heterocycles. The Bertz CT molecular complexity index is 1310. The van der Waals surface area contributed by atoms with Gasteiger partial charge in [0.15, 0.2) is 11.5 Å². The van der Waals surface area contributed by atoms with Crippen LogP contribution < -0.4 is 5.46 Å². The van der Waals surface area contributed by atoms with Crippen molar-refractivity contribution in [2.45, 2.75) is 75.9 Å². The first-order chi connectivity index (χ1) is 18.7. The number of halogens is 4. The van der Waals surface area contributed by atoms with Crippen LogP contribution >= 0.6 is 0 Å². The van der Waals surface area contributed by atoms with E-state index in [-0.39, 0.29) is 25.6 Å². The van der Waals surface area contributed by atoms with Crippen LogP contribution in [0.5, 0.6) is 0 Å². The van der Waals surface area contributed by atoms with Gasteiger partial charge >= 0.3 is 13.3 Å². The van der Waals surface area contributed by atoms with Crippen LogP contribution in [-0.2, 0) is 21.0 Å². The molecule has 5 heterocycles. The maximum Gasteiger partial charge on any atom is 0.498 e. The molecule has 0 saturated carbocycles. The predicted molar refractivity (Wildman–Crippen MR) is 136 cm³/mol. The topological polar surface area (TPSA) is 96.5 Å². The third-order valence-electron chi connectivity index (χ3n) is 8.67. The number of rotatable bonds is 5. The van der Waals surface area contributed by atoms with Gasteiger partial charge in [0.2, 0.25) is 0 Å². The number of amides is 1. The summed E-state index contributed by atoms with van der Waals surface area (Å²) in [6, 6.07) is 3.37. The van der Waals surface area contributed by atoms with Gasteiger partial charge in [-0.05, 0) is 46.6 Å². The van der Waals surface area contributed by atoms with E-state index in [0.717, 1.165) is 17.7 Å². The van der Waals surface area contributed by atoms with Gasteiger partial charge in [-0.2, -0.15) is 23.5 Å². The molecule has 5 rings (SSSR count). The Hall–Kier alpha value is -3.02. The van der Waals surface area contributed by atoms with E-state index in [1.165, 1.54) is 4.90 Å². The van der Waals surface area contributed by atoms with Crippen LogP contribution in [-0.4, -0.2) is 81.0 Å². The average molecular weight is 562 g/mol. The molecule has 1 amide bonds. The monoisotopic (exact) mass is 562 g/mol. The van der Waals surface area contributed by atoms with Crippen LogP contribution in [0.3, 0.4) is 0 Å². The van der Waals surface area contributed by atoms with Crippen LogP contribution in [0.15, 0.2) is 24.7 Å². The molecule has 0 spiro atoms. The zero-order chi connectivity index (χ0) is 29.1. The SMILES string of the molecule is CC1(C)OB(c2cnn(C3(CC#N)CN(C4CCN(C(=O)c5ccnc(C(F)(F)F)c5F)CC4)C3)c2)OC1(C)C. The lowest BCUT2D eigenvalue weighted by atomic mass is 9.81. The third kappa shape index (κ3) is 4.88. The summed E-state index contributed by atoms with van der Waals surface area (Å²) in [7, 11) is -0.562. The minimum absolute atomic E-state index is 0.113. The number of hydrogen-bond donors (Lipinski definition) is 0. The minimum Gasteiger partial charge on any atom is -0.399 e. The highest BCUT2D eigenvalue weighted by Gasteiger charge is 2.53. The van der Waals surface area contributed by atoms with Gasteiger partial charge in [-0.1, -0.05) is 0 Å². The largest absolute Gasteiger partial charge is 0.498 e. The Morgan fingerprint density at radius 1 is 1.18 bits per heavy atom. The highest BCUT2D eigenvalue weighted by Crippen LogP contribution is 2.38. The molecule has 0 aliphatic carbocycles. The molecular weight excluding hydrogens is 531 g/mol. The number of hydrogen-bond acceptors (Lipinski definition) is 7. The van der Waals surface area contributed by atoms with Crippen molar-refractivity contribution >= 4 is 18.5 Å². The Labute approximate surface area is 230 Å². The molecule has 3 aliphatic rings. The van der Waals surface area contributed by atoms with Crippen molar-refractivity contribution in [3.8, 4) is 6.07 Å². The molecule has 214 valence electrons. The van der Waals surface area contributed by atoms with Crippen LogP contribution in [0.4, 0.5) is 17.6 Å². The van der Waals surface area contributed by atoms with Crippen LogP contribution in [0.2, 0.25) is 0 Å². The number of carbonyl (C=O) groups is 1. The van der Waals surface area contributed by atoms with Gasteiger partial charge in [0.05, 0.1) is 29.3 Å². The fourth-order valence-electron chi connectivity index (χ4n) is 5.56. The molecule has 3 aliphatic heterocycles. The standard InChI is InChI=1S/C26H31BF4N6O3/c1-23(2)24(3,4)40-27(39-23)17-13-34-37(14-17)25(8-9-32)15-36(16-25)18-6-11-35(12-7-18)22(38)19-5-10-33-21(20(19)28)26(29,30)31/h5,10,13-14,18H,6-8,11-12,15-16H2,1-4H3. The maximum atomic E-state index is 14.4. The predicted octanol–water partition coefficient (Wildman–Crippen LogP) is 2.96. The highest BCUT2D eigenvalue weighted by atomic mass is 19.4. The summed E-state index contributed by atoms with van der Waals surface area (Å²) >= 11 is 0. The smallest absolute Gasteiger partial charge is 0.399 e. The molecule has 0 aromatic carbocycles. The summed E-state index contributed by atoms with van der Waals surface area (Å²) in [5.41, 5.74) is -3.04. The van der Waals surface area contributed by atoms with E-state index >= 15 is 0 Å². The van der Waals surface area contributed by atoms with E-state index in [1.807, 2.05) is 38.6 Å². The normalized spacial score (nSPS) is 22.7. The van der Waals surface area contributed by atoms with Crippen molar-refractivity contribution in [2.75, 3.05) is 26.2 Å². The zero-order valence-corrected chi connectivity index (χ0v) is 22.8. The van der Waals surface area contributed by atoms with Crippen LogP contribution in [0.25, 0.3) is 0 Å². The Morgan fingerprint density at radius 2 is 1.80 bits per heavy atom. The van der Waals surface area contributed by atoms with E-state index in [9.17, 15) is 27.6 Å². The quantitative estimate of drug-likeness (QED) is 0.409.